The summed E-state index contributed by atoms with van der Waals surface area (Å²) >= 11 is 0. The standard InChI is InChI=1S/C18H35N3/c1-17(2,3)15-5-4-9-21(12-8-15)18(13-19)14-20-10-6-16(18)7-11-20/h15-16H,4-14,19H2,1-3H3. The van der Waals surface area contributed by atoms with E-state index in [9.17, 15) is 0 Å². The Morgan fingerprint density at radius 1 is 1.00 bits per heavy atom. The SMILES string of the molecule is CC(C)(C)C1CCCN(C2(CN)CN3CCC2CC3)CC1. The summed E-state index contributed by atoms with van der Waals surface area (Å²) in [5, 5.41) is 0. The Labute approximate surface area is 131 Å². The molecule has 0 spiro atoms. The smallest absolute Gasteiger partial charge is 0.0487 e. The highest BCUT2D eigenvalue weighted by Crippen LogP contribution is 2.42. The fraction of sp³-hybridized carbons (Fsp3) is 1.00. The van der Waals surface area contributed by atoms with Gasteiger partial charge in [0.25, 0.3) is 0 Å². The minimum absolute atomic E-state index is 0.295. The molecule has 0 saturated carbocycles. The molecule has 0 aliphatic carbocycles. The highest BCUT2D eigenvalue weighted by Gasteiger charge is 2.49. The molecule has 4 saturated heterocycles. The van der Waals surface area contributed by atoms with Crippen molar-refractivity contribution in [2.24, 2.45) is 23.0 Å². The molecule has 4 rings (SSSR count). The van der Waals surface area contributed by atoms with Crippen molar-refractivity contribution in [1.82, 2.24) is 9.80 Å². The maximum atomic E-state index is 6.36. The van der Waals surface area contributed by atoms with Gasteiger partial charge < -0.3 is 10.6 Å². The lowest BCUT2D eigenvalue weighted by molar-refractivity contribution is -0.0666. The predicted molar refractivity (Wildman–Crippen MR) is 89.3 cm³/mol. The highest BCUT2D eigenvalue weighted by atomic mass is 15.3. The highest BCUT2D eigenvalue weighted by molar-refractivity contribution is 5.06. The van der Waals surface area contributed by atoms with Crippen molar-refractivity contribution in [3.05, 3.63) is 0 Å². The Morgan fingerprint density at radius 2 is 1.71 bits per heavy atom. The van der Waals surface area contributed by atoms with Crippen molar-refractivity contribution in [3.63, 3.8) is 0 Å². The van der Waals surface area contributed by atoms with Gasteiger partial charge in [-0.2, -0.15) is 0 Å². The van der Waals surface area contributed by atoms with E-state index in [4.69, 9.17) is 5.73 Å². The van der Waals surface area contributed by atoms with Gasteiger partial charge in [0.1, 0.15) is 0 Å². The molecule has 2 bridgehead atoms. The lowest BCUT2D eigenvalue weighted by Crippen LogP contribution is -2.70. The second-order valence-electron chi connectivity index (χ2n) is 8.84. The van der Waals surface area contributed by atoms with E-state index in [-0.39, 0.29) is 0 Å². The van der Waals surface area contributed by atoms with Crippen LogP contribution in [-0.4, -0.2) is 54.6 Å². The number of fused-ring (bicyclic) bond motifs is 3. The van der Waals surface area contributed by atoms with Crippen LogP contribution in [0.3, 0.4) is 0 Å². The summed E-state index contributed by atoms with van der Waals surface area (Å²) in [6.07, 6.45) is 6.86. The van der Waals surface area contributed by atoms with Crippen molar-refractivity contribution in [2.45, 2.75) is 58.4 Å². The molecule has 0 aromatic carbocycles. The van der Waals surface area contributed by atoms with Crippen molar-refractivity contribution in [2.75, 3.05) is 39.3 Å². The van der Waals surface area contributed by atoms with Crippen molar-refractivity contribution in [1.29, 1.82) is 0 Å². The van der Waals surface area contributed by atoms with E-state index in [1.54, 1.807) is 0 Å². The quantitative estimate of drug-likeness (QED) is 0.849. The van der Waals surface area contributed by atoms with Crippen LogP contribution in [0.5, 0.6) is 0 Å². The van der Waals surface area contributed by atoms with E-state index in [0.29, 0.717) is 11.0 Å². The Bertz CT molecular complexity index is 354. The van der Waals surface area contributed by atoms with Crippen LogP contribution in [0.15, 0.2) is 0 Å². The summed E-state index contributed by atoms with van der Waals surface area (Å²) in [6.45, 7) is 14.5. The molecule has 21 heavy (non-hydrogen) atoms. The summed E-state index contributed by atoms with van der Waals surface area (Å²) in [6, 6.07) is 0. The maximum absolute atomic E-state index is 6.36. The Balaban J connectivity index is 1.73. The zero-order valence-corrected chi connectivity index (χ0v) is 14.4. The second-order valence-corrected chi connectivity index (χ2v) is 8.84. The van der Waals surface area contributed by atoms with Gasteiger partial charge in [0.2, 0.25) is 0 Å². The van der Waals surface area contributed by atoms with E-state index in [1.807, 2.05) is 0 Å². The van der Waals surface area contributed by atoms with Gasteiger partial charge in [-0.15, -0.1) is 0 Å². The molecule has 0 radical (unpaired) electrons. The summed E-state index contributed by atoms with van der Waals surface area (Å²) in [5.74, 6) is 1.72. The van der Waals surface area contributed by atoms with Gasteiger partial charge >= 0.3 is 0 Å². The second kappa shape index (κ2) is 5.82. The Morgan fingerprint density at radius 3 is 2.24 bits per heavy atom. The van der Waals surface area contributed by atoms with E-state index in [2.05, 4.69) is 30.6 Å². The monoisotopic (exact) mass is 293 g/mol. The van der Waals surface area contributed by atoms with Crippen LogP contribution in [-0.2, 0) is 0 Å². The molecule has 2 N–H and O–H groups in total. The van der Waals surface area contributed by atoms with Crippen molar-refractivity contribution < 1.29 is 0 Å². The Hall–Kier alpha value is -0.120. The molecule has 4 fully saturated rings. The Kier molecular flexibility index (Phi) is 4.37. The van der Waals surface area contributed by atoms with Crippen LogP contribution in [0, 0.1) is 17.3 Å². The molecular formula is C18H35N3. The van der Waals surface area contributed by atoms with E-state index in [1.165, 1.54) is 64.8 Å². The first-order valence-electron chi connectivity index (χ1n) is 9.13. The van der Waals surface area contributed by atoms with Crippen LogP contribution in [0.1, 0.15) is 52.9 Å². The lowest BCUT2D eigenvalue weighted by Gasteiger charge is -2.57. The third-order valence-corrected chi connectivity index (χ3v) is 6.78. The number of nitrogens with two attached hydrogens (primary N) is 1. The first-order chi connectivity index (χ1) is 9.95. The topological polar surface area (TPSA) is 32.5 Å². The molecule has 0 aromatic rings. The van der Waals surface area contributed by atoms with Gasteiger partial charge in [-0.25, -0.2) is 0 Å². The summed E-state index contributed by atoms with van der Waals surface area (Å²) in [4.78, 5) is 5.48. The molecule has 4 aliphatic heterocycles. The number of likely N-dealkylation sites (tertiary alicyclic amines) is 1. The molecule has 3 heteroatoms. The minimum atomic E-state index is 0.295. The van der Waals surface area contributed by atoms with Crippen LogP contribution in [0.25, 0.3) is 0 Å². The third-order valence-electron chi connectivity index (χ3n) is 6.78. The first kappa shape index (κ1) is 15.8. The van der Waals surface area contributed by atoms with E-state index < -0.39 is 0 Å². The van der Waals surface area contributed by atoms with Crippen LogP contribution in [0.4, 0.5) is 0 Å². The molecule has 4 aliphatic rings. The zero-order chi connectivity index (χ0) is 15.1. The molecule has 122 valence electrons. The maximum Gasteiger partial charge on any atom is 0.0487 e. The molecule has 0 aromatic heterocycles. The number of piperidine rings is 3. The van der Waals surface area contributed by atoms with Crippen LogP contribution < -0.4 is 5.73 Å². The summed E-state index contributed by atoms with van der Waals surface area (Å²) in [5.41, 5.74) is 7.11. The molecule has 2 atom stereocenters. The fourth-order valence-corrected chi connectivity index (χ4v) is 5.27. The third kappa shape index (κ3) is 2.89. The zero-order valence-electron chi connectivity index (χ0n) is 14.4. The largest absolute Gasteiger partial charge is 0.329 e. The summed E-state index contributed by atoms with van der Waals surface area (Å²) < 4.78 is 0. The average Bonchev–Trinajstić information content (AvgIpc) is 2.74. The number of rotatable bonds is 2. The van der Waals surface area contributed by atoms with Crippen LogP contribution >= 0.6 is 0 Å². The summed E-state index contributed by atoms with van der Waals surface area (Å²) in [7, 11) is 0. The van der Waals surface area contributed by atoms with Crippen molar-refractivity contribution >= 4 is 0 Å². The predicted octanol–water partition coefficient (Wildman–Crippen LogP) is 2.56. The normalized spacial score (nSPS) is 42.0. The number of hydrogen-bond donors (Lipinski definition) is 1. The van der Waals surface area contributed by atoms with Gasteiger partial charge in [-0.1, -0.05) is 20.8 Å². The molecular weight excluding hydrogens is 258 g/mol. The molecule has 3 nitrogen and oxygen atoms in total. The molecule has 4 heterocycles. The minimum Gasteiger partial charge on any atom is -0.329 e. The first-order valence-corrected chi connectivity index (χ1v) is 9.13. The van der Waals surface area contributed by atoms with Crippen molar-refractivity contribution in [3.8, 4) is 0 Å². The number of hydrogen-bond acceptors (Lipinski definition) is 3. The molecule has 2 unspecified atom stereocenters. The fourth-order valence-electron chi connectivity index (χ4n) is 5.27. The van der Waals surface area contributed by atoms with E-state index in [0.717, 1.165) is 18.4 Å². The lowest BCUT2D eigenvalue weighted by atomic mass is 9.71. The number of nitrogens with zero attached hydrogens (tertiary/aromatic N) is 2. The molecule has 0 amide bonds. The van der Waals surface area contributed by atoms with Gasteiger partial charge in [0, 0.05) is 18.6 Å². The van der Waals surface area contributed by atoms with Gasteiger partial charge in [-0.05, 0) is 75.5 Å². The van der Waals surface area contributed by atoms with Crippen LogP contribution in [0.2, 0.25) is 0 Å². The average molecular weight is 293 g/mol. The van der Waals surface area contributed by atoms with Gasteiger partial charge in [-0.3, -0.25) is 4.90 Å². The van der Waals surface area contributed by atoms with Gasteiger partial charge in [0.15, 0.2) is 0 Å². The van der Waals surface area contributed by atoms with Gasteiger partial charge in [0.05, 0.1) is 0 Å². The van der Waals surface area contributed by atoms with E-state index >= 15 is 0 Å².